The van der Waals surface area contributed by atoms with Crippen LogP contribution in [0.1, 0.15) is 11.3 Å². The molecular weight excluding hydrogens is 610 g/mol. The number of nitrogens with one attached hydrogen (secondary N) is 1. The number of allylic oxidation sites excluding steroid dienone is 1. The Balaban J connectivity index is 1.29. The Morgan fingerprint density at radius 3 is 2.83 bits per heavy atom. The number of carbonyl (C=O) groups is 3. The van der Waals surface area contributed by atoms with E-state index in [1.54, 1.807) is 6.08 Å². The number of thioether (sulfide) groups is 2. The molecule has 1 aromatic carbocycles. The van der Waals surface area contributed by atoms with E-state index in [-0.39, 0.29) is 34.6 Å². The smallest absolute Gasteiger partial charge is 0.352 e. The second-order valence-corrected chi connectivity index (χ2v) is 11.7. The average Bonchev–Trinajstić information content (AvgIpc) is 3.61. The normalized spacial score (nSPS) is 18.4. The molecule has 218 valence electrons. The molecule has 1 saturated heterocycles. The summed E-state index contributed by atoms with van der Waals surface area (Å²) in [5, 5.41) is 29.5. The van der Waals surface area contributed by atoms with Crippen molar-refractivity contribution >= 4 is 63.5 Å². The number of β-lactam (4-membered cyclic amide) rings is 1. The topological polar surface area (TPSA) is 191 Å². The summed E-state index contributed by atoms with van der Waals surface area (Å²) in [4.78, 5) is 49.3. The number of carboxylic acids is 1. The molecule has 1 unspecified atom stereocenters. The van der Waals surface area contributed by atoms with Crippen molar-refractivity contribution < 1.29 is 28.7 Å². The van der Waals surface area contributed by atoms with Gasteiger partial charge in [-0.15, -0.1) is 34.8 Å². The van der Waals surface area contributed by atoms with Crippen LogP contribution in [0.15, 0.2) is 63.9 Å². The van der Waals surface area contributed by atoms with Crippen LogP contribution in [0.4, 0.5) is 9.52 Å². The summed E-state index contributed by atoms with van der Waals surface area (Å²) in [6.07, 6.45) is 1.63. The largest absolute Gasteiger partial charge is 0.477 e. The van der Waals surface area contributed by atoms with Crippen molar-refractivity contribution in [3.05, 3.63) is 70.6 Å². The highest BCUT2D eigenvalue weighted by molar-refractivity contribution is 8.01. The number of carbonyl (C=O) groups excluding carboxylic acids is 2. The third-order valence-electron chi connectivity index (χ3n) is 5.99. The van der Waals surface area contributed by atoms with E-state index in [9.17, 15) is 23.9 Å². The lowest BCUT2D eigenvalue weighted by molar-refractivity contribution is -0.150. The standard InChI is InChI=1S/C24H22FN9O5S3/c1-2-7-33-24(29-31-32-33)42-10-13-9-40-21-17(20(36)34(21)18(13)22(37)38)28-19(35)16(15-11-41-23(26)27-15)30-39-8-12-3-5-14(25)6-4-12/h2-6,11,17,21H,1,7-10H2,(H2,26,27)(H,28,35)(H,37,38)/t17?,21-/m0/s1. The Labute approximate surface area is 249 Å². The zero-order chi connectivity index (χ0) is 29.8. The maximum absolute atomic E-state index is 13.3. The van der Waals surface area contributed by atoms with Gasteiger partial charge in [-0.1, -0.05) is 35.1 Å². The number of aromatic nitrogens is 5. The number of hydrogen-bond acceptors (Lipinski definition) is 13. The number of amides is 2. The van der Waals surface area contributed by atoms with E-state index in [1.165, 1.54) is 62.8 Å². The molecule has 14 nitrogen and oxygen atoms in total. The van der Waals surface area contributed by atoms with Crippen molar-refractivity contribution in [2.24, 2.45) is 5.16 Å². The molecule has 3 aromatic rings. The van der Waals surface area contributed by atoms with E-state index < -0.39 is 35.0 Å². The fourth-order valence-electron chi connectivity index (χ4n) is 4.05. The van der Waals surface area contributed by atoms with Crippen LogP contribution in [-0.4, -0.2) is 81.6 Å². The number of halogens is 1. The number of benzene rings is 1. The first kappa shape index (κ1) is 29.2. The second kappa shape index (κ2) is 12.7. The number of aliphatic carboxylic acids is 1. The average molecular weight is 632 g/mol. The number of anilines is 1. The number of nitrogens with zero attached hydrogens (tertiary/aromatic N) is 7. The van der Waals surface area contributed by atoms with Crippen molar-refractivity contribution in [2.45, 2.75) is 29.7 Å². The fourth-order valence-corrected chi connectivity index (χ4v) is 6.96. The molecule has 2 aliphatic rings. The minimum Gasteiger partial charge on any atom is -0.477 e. The third-order valence-corrected chi connectivity index (χ3v) is 9.05. The first-order valence-electron chi connectivity index (χ1n) is 12.1. The van der Waals surface area contributed by atoms with Crippen molar-refractivity contribution in [1.29, 1.82) is 0 Å². The minimum atomic E-state index is -1.26. The van der Waals surface area contributed by atoms with E-state index in [0.29, 0.717) is 28.6 Å². The summed E-state index contributed by atoms with van der Waals surface area (Å²) in [5.41, 5.74) is 6.65. The molecule has 2 atom stereocenters. The Bertz CT molecular complexity index is 1590. The van der Waals surface area contributed by atoms with Crippen molar-refractivity contribution in [1.82, 2.24) is 35.4 Å². The van der Waals surface area contributed by atoms with Gasteiger partial charge in [-0.3, -0.25) is 14.5 Å². The Kier molecular flexibility index (Phi) is 8.83. The maximum Gasteiger partial charge on any atom is 0.352 e. The number of oxime groups is 1. The van der Waals surface area contributed by atoms with Crippen LogP contribution in [-0.2, 0) is 32.4 Å². The monoisotopic (exact) mass is 631 g/mol. The highest BCUT2D eigenvalue weighted by Gasteiger charge is 2.54. The number of thiazole rings is 1. The molecule has 0 radical (unpaired) electrons. The summed E-state index contributed by atoms with van der Waals surface area (Å²) in [6.45, 7) is 3.99. The van der Waals surface area contributed by atoms with Crippen LogP contribution in [0.25, 0.3) is 0 Å². The molecule has 0 saturated carbocycles. The molecule has 2 amide bonds. The van der Waals surface area contributed by atoms with Crippen LogP contribution in [0, 0.1) is 5.82 Å². The number of carboxylic acid groups (broad SMARTS) is 1. The van der Waals surface area contributed by atoms with Gasteiger partial charge in [-0.05, 0) is 33.7 Å². The summed E-state index contributed by atoms with van der Waals surface area (Å²) in [6, 6.07) is 4.55. The SMILES string of the molecule is C=CCn1nnnc1SCC1=C(C(=O)O)N2C(=O)C(NC(=O)C(=NOCc3ccc(F)cc3)c3csc(N)n3)[C@@H]2SC1. The Morgan fingerprint density at radius 1 is 1.36 bits per heavy atom. The van der Waals surface area contributed by atoms with E-state index in [4.69, 9.17) is 10.6 Å². The van der Waals surface area contributed by atoms with Gasteiger partial charge in [0.2, 0.25) is 5.16 Å². The number of nitrogens with two attached hydrogens (primary N) is 1. The molecule has 42 heavy (non-hydrogen) atoms. The van der Waals surface area contributed by atoms with Crippen molar-refractivity contribution in [3.63, 3.8) is 0 Å². The van der Waals surface area contributed by atoms with Crippen molar-refractivity contribution in [2.75, 3.05) is 17.2 Å². The predicted molar refractivity (Wildman–Crippen MR) is 153 cm³/mol. The van der Waals surface area contributed by atoms with Gasteiger partial charge in [-0.2, -0.15) is 0 Å². The van der Waals surface area contributed by atoms with E-state index >= 15 is 0 Å². The Morgan fingerprint density at radius 2 is 2.14 bits per heavy atom. The highest BCUT2D eigenvalue weighted by Crippen LogP contribution is 2.41. The molecule has 18 heteroatoms. The lowest BCUT2D eigenvalue weighted by Gasteiger charge is -2.49. The number of fused-ring (bicyclic) bond motifs is 1. The number of hydrogen-bond donors (Lipinski definition) is 3. The zero-order valence-electron chi connectivity index (χ0n) is 21.5. The van der Waals surface area contributed by atoms with Crippen LogP contribution in [0.3, 0.4) is 0 Å². The second-order valence-electron chi connectivity index (χ2n) is 8.75. The lowest BCUT2D eigenvalue weighted by atomic mass is 10.0. The van der Waals surface area contributed by atoms with Gasteiger partial charge in [0.1, 0.15) is 35.2 Å². The molecule has 0 spiro atoms. The molecule has 4 N–H and O–H groups in total. The van der Waals surface area contributed by atoms with E-state index in [2.05, 4.69) is 37.6 Å². The van der Waals surface area contributed by atoms with Gasteiger partial charge >= 0.3 is 5.97 Å². The summed E-state index contributed by atoms with van der Waals surface area (Å²) in [5.74, 6) is -2.45. The molecule has 0 bridgehead atoms. The first-order chi connectivity index (χ1) is 20.3. The van der Waals surface area contributed by atoms with Gasteiger partial charge in [-0.25, -0.2) is 18.9 Å². The number of tetrazole rings is 1. The molecule has 0 aliphatic carbocycles. The summed E-state index contributed by atoms with van der Waals surface area (Å²) < 4.78 is 14.7. The van der Waals surface area contributed by atoms with E-state index in [0.717, 1.165) is 11.3 Å². The predicted octanol–water partition coefficient (Wildman–Crippen LogP) is 1.49. The Hall–Kier alpha value is -4.29. The third kappa shape index (κ3) is 6.14. The molecule has 2 aromatic heterocycles. The molecule has 4 heterocycles. The van der Waals surface area contributed by atoms with Crippen LogP contribution >= 0.6 is 34.9 Å². The van der Waals surface area contributed by atoms with Crippen LogP contribution in [0.5, 0.6) is 0 Å². The molecule has 2 aliphatic heterocycles. The van der Waals surface area contributed by atoms with Gasteiger partial charge in [0.15, 0.2) is 10.8 Å². The van der Waals surface area contributed by atoms with Gasteiger partial charge in [0.25, 0.3) is 11.8 Å². The lowest BCUT2D eigenvalue weighted by Crippen LogP contribution is -2.71. The van der Waals surface area contributed by atoms with Gasteiger partial charge in [0.05, 0.1) is 6.54 Å². The maximum atomic E-state index is 13.3. The number of nitrogen functional groups attached to an aromatic ring is 1. The summed E-state index contributed by atoms with van der Waals surface area (Å²) >= 11 is 3.65. The van der Waals surface area contributed by atoms with Crippen LogP contribution < -0.4 is 11.1 Å². The molecular formula is C24H22FN9O5S3. The highest BCUT2D eigenvalue weighted by atomic mass is 32.2. The zero-order valence-corrected chi connectivity index (χ0v) is 24.0. The quantitative estimate of drug-likeness (QED) is 0.0859. The fraction of sp³-hybridized carbons (Fsp3) is 0.250. The molecule has 1 fully saturated rings. The summed E-state index contributed by atoms with van der Waals surface area (Å²) in [7, 11) is 0. The first-order valence-corrected chi connectivity index (χ1v) is 15.0. The minimum absolute atomic E-state index is 0.0567. The number of rotatable bonds is 12. The molecule has 5 rings (SSSR count). The van der Waals surface area contributed by atoms with Gasteiger partial charge < -0.3 is 21.0 Å². The van der Waals surface area contributed by atoms with Crippen LogP contribution in [0.2, 0.25) is 0 Å². The van der Waals surface area contributed by atoms with Gasteiger partial charge in [0, 0.05) is 16.9 Å². The van der Waals surface area contributed by atoms with Crippen molar-refractivity contribution in [3.8, 4) is 0 Å². The van der Waals surface area contributed by atoms with E-state index in [1.807, 2.05) is 0 Å².